The summed E-state index contributed by atoms with van der Waals surface area (Å²) in [5.74, 6) is -2.34. The highest BCUT2D eigenvalue weighted by molar-refractivity contribution is 6.03. The summed E-state index contributed by atoms with van der Waals surface area (Å²) < 4.78 is 0. The number of aromatic carboxylic acids is 2. The zero-order chi connectivity index (χ0) is 11.6. The predicted molar refractivity (Wildman–Crippen MR) is 53.5 cm³/mol. The van der Waals surface area contributed by atoms with Gasteiger partial charge in [-0.05, 0) is 18.2 Å². The van der Waals surface area contributed by atoms with E-state index >= 15 is 0 Å². The van der Waals surface area contributed by atoms with Crippen LogP contribution in [0.1, 0.15) is 20.7 Å². The van der Waals surface area contributed by atoms with Gasteiger partial charge in [-0.3, -0.25) is 0 Å². The summed E-state index contributed by atoms with van der Waals surface area (Å²) in [5.41, 5.74) is 0.0357. The fourth-order valence-electron chi connectivity index (χ4n) is 1.30. The number of hydrogen-bond acceptors (Lipinski definition) is 3. The van der Waals surface area contributed by atoms with Crippen molar-refractivity contribution in [2.45, 2.75) is 0 Å². The normalized spacial score (nSPS) is 9.73. The number of hydrogen-bond donors (Lipinski definition) is 2. The first-order valence-corrected chi connectivity index (χ1v) is 4.13. The van der Waals surface area contributed by atoms with Crippen LogP contribution in [0.15, 0.2) is 12.1 Å². The highest BCUT2D eigenvalue weighted by Crippen LogP contribution is 2.23. The van der Waals surface area contributed by atoms with Crippen LogP contribution in [0.25, 0.3) is 0 Å². The van der Waals surface area contributed by atoms with Gasteiger partial charge in [-0.2, -0.15) is 0 Å². The number of carboxylic acid groups (broad SMARTS) is 2. The summed E-state index contributed by atoms with van der Waals surface area (Å²) in [4.78, 5) is 23.2. The molecule has 0 spiro atoms. The fourth-order valence-corrected chi connectivity index (χ4v) is 1.30. The molecule has 1 rings (SSSR count). The van der Waals surface area contributed by atoms with Crippen molar-refractivity contribution in [2.75, 3.05) is 19.0 Å². The summed E-state index contributed by atoms with van der Waals surface area (Å²) in [6, 6.07) is 5.01. The molecule has 15 heavy (non-hydrogen) atoms. The maximum atomic E-state index is 10.9. The van der Waals surface area contributed by atoms with Crippen molar-refractivity contribution in [1.82, 2.24) is 0 Å². The summed E-state index contributed by atoms with van der Waals surface area (Å²) in [6.45, 7) is 0. The van der Waals surface area contributed by atoms with E-state index in [1.54, 1.807) is 14.1 Å². The molecule has 5 heteroatoms. The van der Waals surface area contributed by atoms with Gasteiger partial charge in [0.15, 0.2) is 0 Å². The average Bonchev–Trinajstić information content (AvgIpc) is 2.16. The average molecular weight is 208 g/mol. The maximum Gasteiger partial charge on any atom is 0.337 e. The summed E-state index contributed by atoms with van der Waals surface area (Å²) >= 11 is 0. The van der Waals surface area contributed by atoms with E-state index in [1.807, 2.05) is 0 Å². The lowest BCUT2D eigenvalue weighted by Gasteiger charge is -2.17. The molecule has 1 aromatic rings. The Bertz CT molecular complexity index is 380. The number of rotatable bonds is 3. The molecule has 0 amide bonds. The molecule has 0 atom stereocenters. The molecule has 0 aliphatic rings. The number of nitrogens with zero attached hydrogens (tertiary/aromatic N) is 1. The molecule has 0 heterocycles. The van der Waals surface area contributed by atoms with Crippen LogP contribution in [-0.4, -0.2) is 36.2 Å². The van der Waals surface area contributed by atoms with Crippen molar-refractivity contribution in [3.63, 3.8) is 0 Å². The molecule has 0 bridgehead atoms. The molecule has 1 radical (unpaired) electrons. The highest BCUT2D eigenvalue weighted by Gasteiger charge is 2.19. The molecule has 0 unspecified atom stereocenters. The van der Waals surface area contributed by atoms with E-state index in [-0.39, 0.29) is 16.8 Å². The molecule has 0 aromatic heterocycles. The Morgan fingerprint density at radius 3 is 1.80 bits per heavy atom. The van der Waals surface area contributed by atoms with E-state index in [0.717, 1.165) is 0 Å². The summed E-state index contributed by atoms with van der Waals surface area (Å²) in [7, 11) is 3.18. The van der Waals surface area contributed by atoms with E-state index in [0.29, 0.717) is 0 Å². The lowest BCUT2D eigenvalue weighted by molar-refractivity contribution is 0.0696. The fraction of sp³-hybridized carbons (Fsp3) is 0.200. The first-order valence-electron chi connectivity index (χ1n) is 4.13. The summed E-state index contributed by atoms with van der Waals surface area (Å²) in [5, 5.41) is 17.8. The van der Waals surface area contributed by atoms with Gasteiger partial charge in [0, 0.05) is 14.1 Å². The van der Waals surface area contributed by atoms with Gasteiger partial charge in [0.1, 0.15) is 0 Å². The van der Waals surface area contributed by atoms with E-state index in [2.05, 4.69) is 6.07 Å². The third-order valence-electron chi connectivity index (χ3n) is 1.87. The van der Waals surface area contributed by atoms with Gasteiger partial charge in [0.2, 0.25) is 0 Å². The molecular weight excluding hydrogens is 198 g/mol. The zero-order valence-electron chi connectivity index (χ0n) is 8.31. The van der Waals surface area contributed by atoms with Gasteiger partial charge < -0.3 is 15.1 Å². The Hall–Kier alpha value is -2.04. The first kappa shape index (κ1) is 11.0. The van der Waals surface area contributed by atoms with E-state index in [9.17, 15) is 9.59 Å². The van der Waals surface area contributed by atoms with Crippen molar-refractivity contribution < 1.29 is 19.8 Å². The van der Waals surface area contributed by atoms with Crippen molar-refractivity contribution in [2.24, 2.45) is 0 Å². The van der Waals surface area contributed by atoms with Crippen molar-refractivity contribution in [1.29, 1.82) is 0 Å². The smallest absolute Gasteiger partial charge is 0.337 e. The molecule has 0 aliphatic heterocycles. The molecule has 0 fully saturated rings. The Labute approximate surface area is 86.6 Å². The molecule has 5 nitrogen and oxygen atoms in total. The minimum atomic E-state index is -1.17. The third kappa shape index (κ3) is 2.07. The Balaban J connectivity index is 3.48. The van der Waals surface area contributed by atoms with Gasteiger partial charge in [0.05, 0.1) is 16.8 Å². The Morgan fingerprint density at radius 2 is 1.53 bits per heavy atom. The van der Waals surface area contributed by atoms with Crippen LogP contribution in [0.4, 0.5) is 5.69 Å². The monoisotopic (exact) mass is 208 g/mol. The molecular formula is C10H10NO4. The van der Waals surface area contributed by atoms with Crippen molar-refractivity contribution in [3.05, 3.63) is 29.3 Å². The van der Waals surface area contributed by atoms with Crippen LogP contribution in [0.5, 0.6) is 0 Å². The van der Waals surface area contributed by atoms with Crippen LogP contribution in [0.3, 0.4) is 0 Å². The topological polar surface area (TPSA) is 77.8 Å². The van der Waals surface area contributed by atoms with Crippen LogP contribution in [0, 0.1) is 6.07 Å². The first-order chi connectivity index (χ1) is 6.95. The zero-order valence-corrected chi connectivity index (χ0v) is 8.31. The Morgan fingerprint density at radius 1 is 1.13 bits per heavy atom. The molecule has 1 aromatic carbocycles. The number of anilines is 1. The standard InChI is InChI=1S/C10H10NO4/c1-11(2)8-6(9(12)13)4-3-5-7(8)10(14)15/h4-5H,1-2H3,(H,12,13)(H,14,15). The number of carboxylic acids is 2. The minimum absolute atomic E-state index is 0.0695. The second-order valence-electron chi connectivity index (χ2n) is 3.14. The molecule has 0 saturated heterocycles. The van der Waals surface area contributed by atoms with Crippen LogP contribution in [-0.2, 0) is 0 Å². The van der Waals surface area contributed by atoms with Crippen LogP contribution in [0.2, 0.25) is 0 Å². The second kappa shape index (κ2) is 4.00. The minimum Gasteiger partial charge on any atom is -0.478 e. The van der Waals surface area contributed by atoms with E-state index in [1.165, 1.54) is 17.0 Å². The second-order valence-corrected chi connectivity index (χ2v) is 3.14. The highest BCUT2D eigenvalue weighted by atomic mass is 16.4. The maximum absolute atomic E-state index is 10.9. The van der Waals surface area contributed by atoms with Gasteiger partial charge in [0.25, 0.3) is 0 Å². The quantitative estimate of drug-likeness (QED) is 0.773. The molecule has 0 saturated carbocycles. The van der Waals surface area contributed by atoms with E-state index < -0.39 is 11.9 Å². The SMILES string of the molecule is CN(C)c1c(C(=O)O)c[c]cc1C(=O)O. The largest absolute Gasteiger partial charge is 0.478 e. The van der Waals surface area contributed by atoms with Crippen LogP contribution < -0.4 is 4.90 Å². The number of benzene rings is 1. The molecule has 0 aliphatic carbocycles. The van der Waals surface area contributed by atoms with Crippen molar-refractivity contribution >= 4 is 17.6 Å². The third-order valence-corrected chi connectivity index (χ3v) is 1.87. The van der Waals surface area contributed by atoms with E-state index in [4.69, 9.17) is 10.2 Å². The van der Waals surface area contributed by atoms with Crippen LogP contribution >= 0.6 is 0 Å². The lowest BCUT2D eigenvalue weighted by atomic mass is 10.1. The predicted octanol–water partition coefficient (Wildman–Crippen LogP) is 0.949. The molecule has 2 N–H and O–H groups in total. The Kier molecular flexibility index (Phi) is 2.94. The van der Waals surface area contributed by atoms with Crippen molar-refractivity contribution in [3.8, 4) is 0 Å². The van der Waals surface area contributed by atoms with Gasteiger partial charge in [-0.1, -0.05) is 0 Å². The van der Waals surface area contributed by atoms with Gasteiger partial charge in [-0.15, -0.1) is 0 Å². The lowest BCUT2D eigenvalue weighted by Crippen LogP contribution is -2.18. The number of carbonyl (C=O) groups is 2. The van der Waals surface area contributed by atoms with Gasteiger partial charge >= 0.3 is 11.9 Å². The molecule has 79 valence electrons. The summed E-state index contributed by atoms with van der Waals surface area (Å²) in [6.07, 6.45) is 0. The van der Waals surface area contributed by atoms with Gasteiger partial charge in [-0.25, -0.2) is 9.59 Å².